The molecule has 0 saturated carbocycles. The molecule has 10 nitrogen and oxygen atoms in total. The van der Waals surface area contributed by atoms with Crippen molar-refractivity contribution in [2.75, 3.05) is 44.0 Å². The van der Waals surface area contributed by atoms with Gasteiger partial charge in [0.25, 0.3) is 17.7 Å². The molecule has 1 aliphatic rings. The van der Waals surface area contributed by atoms with Gasteiger partial charge in [0.1, 0.15) is 33.6 Å². The molecule has 230 valence electrons. The molecule has 0 bridgehead atoms. The van der Waals surface area contributed by atoms with Gasteiger partial charge in [-0.3, -0.25) is 14.4 Å². The summed E-state index contributed by atoms with van der Waals surface area (Å²) < 4.78 is 21.3. The molecule has 1 heterocycles. The zero-order valence-electron chi connectivity index (χ0n) is 25.3. The summed E-state index contributed by atoms with van der Waals surface area (Å²) in [4.78, 5) is 43.0. The number of imide groups is 1. The number of methoxy groups -OCH3 is 4. The lowest BCUT2D eigenvalue weighted by molar-refractivity contribution is -0.120. The van der Waals surface area contributed by atoms with Crippen molar-refractivity contribution in [1.82, 2.24) is 0 Å². The van der Waals surface area contributed by atoms with E-state index >= 15 is 0 Å². The van der Waals surface area contributed by atoms with Crippen LogP contribution in [-0.4, -0.2) is 46.2 Å². The third-order valence-corrected chi connectivity index (χ3v) is 8.01. The van der Waals surface area contributed by atoms with E-state index in [1.807, 2.05) is 13.0 Å². The van der Waals surface area contributed by atoms with Crippen molar-refractivity contribution < 1.29 is 33.3 Å². The SMILES string of the molecule is COc1ccc(NC2=C(Sc3cccc(NC(=O)c4ccc(OC)cc4OC)c3)C(=O)N(c3cc(C)ccc3OC)C2=O)cc1. The van der Waals surface area contributed by atoms with E-state index in [-0.39, 0.29) is 16.5 Å². The van der Waals surface area contributed by atoms with Crippen LogP contribution >= 0.6 is 11.8 Å². The number of hydrogen-bond donors (Lipinski definition) is 2. The number of nitrogens with zero attached hydrogens (tertiary/aromatic N) is 1. The van der Waals surface area contributed by atoms with Crippen LogP contribution in [0.5, 0.6) is 23.0 Å². The van der Waals surface area contributed by atoms with Gasteiger partial charge in [-0.25, -0.2) is 4.90 Å². The number of benzene rings is 4. The van der Waals surface area contributed by atoms with E-state index in [2.05, 4.69) is 10.6 Å². The minimum atomic E-state index is -0.529. The van der Waals surface area contributed by atoms with Crippen molar-refractivity contribution in [2.45, 2.75) is 11.8 Å². The Morgan fingerprint density at radius 1 is 0.711 bits per heavy atom. The van der Waals surface area contributed by atoms with E-state index in [0.29, 0.717) is 50.5 Å². The van der Waals surface area contributed by atoms with Gasteiger partial charge in [0.05, 0.1) is 39.7 Å². The molecule has 45 heavy (non-hydrogen) atoms. The molecule has 1 aliphatic heterocycles. The largest absolute Gasteiger partial charge is 0.497 e. The summed E-state index contributed by atoms with van der Waals surface area (Å²) in [6.45, 7) is 1.87. The quantitative estimate of drug-likeness (QED) is 0.186. The van der Waals surface area contributed by atoms with E-state index in [1.54, 1.807) is 86.0 Å². The lowest BCUT2D eigenvalue weighted by Crippen LogP contribution is -2.32. The first-order chi connectivity index (χ1) is 21.8. The van der Waals surface area contributed by atoms with Gasteiger partial charge in [-0.15, -0.1) is 0 Å². The molecular formula is C34H31N3O7S. The van der Waals surface area contributed by atoms with Crippen LogP contribution in [-0.2, 0) is 9.59 Å². The molecule has 4 aromatic carbocycles. The molecule has 0 saturated heterocycles. The monoisotopic (exact) mass is 625 g/mol. The van der Waals surface area contributed by atoms with Gasteiger partial charge in [0.15, 0.2) is 0 Å². The highest BCUT2D eigenvalue weighted by atomic mass is 32.2. The molecular weight excluding hydrogens is 594 g/mol. The van der Waals surface area contributed by atoms with Crippen LogP contribution in [0.15, 0.2) is 100 Å². The Morgan fingerprint density at radius 3 is 2.11 bits per heavy atom. The fourth-order valence-corrected chi connectivity index (χ4v) is 5.65. The van der Waals surface area contributed by atoms with Crippen LogP contribution in [0, 0.1) is 6.92 Å². The summed E-state index contributed by atoms with van der Waals surface area (Å²) in [5.74, 6) is 0.523. The highest BCUT2D eigenvalue weighted by molar-refractivity contribution is 8.04. The molecule has 0 unspecified atom stereocenters. The molecule has 0 radical (unpaired) electrons. The van der Waals surface area contributed by atoms with Gasteiger partial charge in [0.2, 0.25) is 0 Å². The second-order valence-electron chi connectivity index (χ2n) is 9.83. The Labute approximate surface area is 264 Å². The number of thioether (sulfide) groups is 1. The Kier molecular flexibility index (Phi) is 9.29. The highest BCUT2D eigenvalue weighted by Crippen LogP contribution is 2.41. The van der Waals surface area contributed by atoms with Crippen LogP contribution in [0.2, 0.25) is 0 Å². The summed E-state index contributed by atoms with van der Waals surface area (Å²) in [5, 5.41) is 6.02. The summed E-state index contributed by atoms with van der Waals surface area (Å²) in [6, 6.07) is 24.2. The summed E-state index contributed by atoms with van der Waals surface area (Å²) in [5.41, 5.74) is 2.71. The second-order valence-corrected chi connectivity index (χ2v) is 10.9. The van der Waals surface area contributed by atoms with E-state index in [0.717, 1.165) is 22.2 Å². The molecule has 4 aromatic rings. The average Bonchev–Trinajstić information content (AvgIpc) is 3.28. The topological polar surface area (TPSA) is 115 Å². The molecule has 0 fully saturated rings. The second kappa shape index (κ2) is 13.5. The van der Waals surface area contributed by atoms with Gasteiger partial charge in [0, 0.05) is 22.3 Å². The Morgan fingerprint density at radius 2 is 1.42 bits per heavy atom. The number of carbonyl (C=O) groups excluding carboxylic acids is 3. The average molecular weight is 626 g/mol. The maximum Gasteiger partial charge on any atom is 0.283 e. The van der Waals surface area contributed by atoms with Crippen molar-refractivity contribution in [3.05, 3.63) is 107 Å². The van der Waals surface area contributed by atoms with E-state index in [1.165, 1.54) is 21.3 Å². The van der Waals surface area contributed by atoms with Crippen molar-refractivity contribution in [2.24, 2.45) is 0 Å². The molecule has 0 atom stereocenters. The number of rotatable bonds is 11. The molecule has 5 rings (SSSR count). The molecule has 0 spiro atoms. The molecule has 0 aliphatic carbocycles. The normalized spacial score (nSPS) is 12.7. The number of carbonyl (C=O) groups is 3. The summed E-state index contributed by atoms with van der Waals surface area (Å²) in [7, 11) is 6.06. The number of ether oxygens (including phenoxy) is 4. The minimum Gasteiger partial charge on any atom is -0.497 e. The molecule has 0 aromatic heterocycles. The van der Waals surface area contributed by atoms with Gasteiger partial charge >= 0.3 is 0 Å². The first-order valence-corrected chi connectivity index (χ1v) is 14.6. The van der Waals surface area contributed by atoms with Gasteiger partial charge < -0.3 is 29.6 Å². The number of amides is 3. The zero-order chi connectivity index (χ0) is 32.1. The van der Waals surface area contributed by atoms with E-state index < -0.39 is 11.8 Å². The van der Waals surface area contributed by atoms with E-state index in [9.17, 15) is 14.4 Å². The molecule has 11 heteroatoms. The maximum absolute atomic E-state index is 14.0. The van der Waals surface area contributed by atoms with Crippen molar-refractivity contribution in [3.63, 3.8) is 0 Å². The predicted octanol–water partition coefficient (Wildman–Crippen LogP) is 6.27. The third-order valence-electron chi connectivity index (χ3n) is 6.94. The summed E-state index contributed by atoms with van der Waals surface area (Å²) in [6.07, 6.45) is 0. The Hall–Kier alpha value is -5.42. The van der Waals surface area contributed by atoms with Gasteiger partial charge in [-0.1, -0.05) is 23.9 Å². The van der Waals surface area contributed by atoms with Crippen LogP contribution in [0.1, 0.15) is 15.9 Å². The zero-order valence-corrected chi connectivity index (χ0v) is 26.1. The number of anilines is 3. The van der Waals surface area contributed by atoms with Gasteiger partial charge in [-0.05, 0) is 79.2 Å². The van der Waals surface area contributed by atoms with E-state index in [4.69, 9.17) is 18.9 Å². The van der Waals surface area contributed by atoms with Crippen molar-refractivity contribution in [1.29, 1.82) is 0 Å². The smallest absolute Gasteiger partial charge is 0.283 e. The molecule has 2 N–H and O–H groups in total. The third kappa shape index (κ3) is 6.58. The minimum absolute atomic E-state index is 0.108. The molecule has 3 amide bonds. The lowest BCUT2D eigenvalue weighted by Gasteiger charge is -2.19. The summed E-state index contributed by atoms with van der Waals surface area (Å²) >= 11 is 1.11. The number of aryl methyl sites for hydroxylation is 1. The first kappa shape index (κ1) is 31.0. The van der Waals surface area contributed by atoms with Crippen LogP contribution in [0.25, 0.3) is 0 Å². The number of nitrogens with one attached hydrogen (secondary N) is 2. The Bertz CT molecular complexity index is 1800. The van der Waals surface area contributed by atoms with Crippen molar-refractivity contribution in [3.8, 4) is 23.0 Å². The fraction of sp³-hybridized carbons (Fsp3) is 0.147. The number of hydrogen-bond acceptors (Lipinski definition) is 9. The van der Waals surface area contributed by atoms with Crippen LogP contribution < -0.4 is 34.5 Å². The van der Waals surface area contributed by atoms with Gasteiger partial charge in [-0.2, -0.15) is 0 Å². The highest BCUT2D eigenvalue weighted by Gasteiger charge is 2.41. The fourth-order valence-electron chi connectivity index (χ4n) is 4.67. The van der Waals surface area contributed by atoms with Crippen molar-refractivity contribution >= 4 is 46.5 Å². The van der Waals surface area contributed by atoms with Crippen LogP contribution in [0.4, 0.5) is 17.1 Å². The van der Waals surface area contributed by atoms with Crippen LogP contribution in [0.3, 0.4) is 0 Å². The predicted molar refractivity (Wildman–Crippen MR) is 174 cm³/mol. The first-order valence-electron chi connectivity index (χ1n) is 13.8. The lowest BCUT2D eigenvalue weighted by atomic mass is 10.1. The Balaban J connectivity index is 1.47. The standard InChI is InChI=1S/C34H31N3O7S/c1-20-9-16-28(43-4)27(17-20)37-33(39)30(35-21-10-12-23(41-2)13-11-21)31(34(37)40)45-25-8-6-7-22(18-25)36-32(38)26-15-14-24(42-3)19-29(26)44-5/h6-19,35H,1-5H3,(H,36,38). The maximum atomic E-state index is 14.0.